The highest BCUT2D eigenvalue weighted by atomic mass is 16.2. The Kier molecular flexibility index (Phi) is 73.0. The van der Waals surface area contributed by atoms with E-state index in [9.17, 15) is 28.8 Å². The molecule has 0 heterocycles. The molecule has 10 aromatic carbocycles. The summed E-state index contributed by atoms with van der Waals surface area (Å²) >= 11 is 0. The van der Waals surface area contributed by atoms with Crippen LogP contribution in [-0.2, 0) is 64.1 Å². The van der Waals surface area contributed by atoms with E-state index in [0.717, 1.165) is 118 Å². The van der Waals surface area contributed by atoms with Crippen molar-refractivity contribution in [1.82, 2.24) is 31.1 Å². The van der Waals surface area contributed by atoms with E-state index >= 15 is 0 Å². The van der Waals surface area contributed by atoms with Crippen LogP contribution in [-0.4, -0.2) is 216 Å². The number of hydrogen-bond acceptors (Lipinski definition) is 29. The molecule has 0 saturated heterocycles. The number of nitrogens with one attached hydrogen (secondary N) is 4. The lowest BCUT2D eigenvalue weighted by atomic mass is 9.96. The number of benzene rings is 10. The maximum absolute atomic E-state index is 12.1. The number of hydrogen-bond donors (Lipinski definition) is 25. The summed E-state index contributed by atoms with van der Waals surface area (Å²) in [5.41, 5.74) is 137. The number of carbonyl (C=O) groups excluding carboxylic acids is 6. The summed E-state index contributed by atoms with van der Waals surface area (Å²) in [6, 6.07) is 78.4. The second-order valence-electron chi connectivity index (χ2n) is 35.4. The molecule has 0 fully saturated rings. The van der Waals surface area contributed by atoms with E-state index in [0.29, 0.717) is 171 Å². The highest BCUT2D eigenvalue weighted by Gasteiger charge is 2.28. The first-order valence-corrected chi connectivity index (χ1v) is 49.5. The third kappa shape index (κ3) is 62.3. The molecule has 0 aliphatic rings. The smallest absolute Gasteiger partial charge is 0.232 e. The normalized spacial score (nSPS) is 10.7. The number of anilines is 5. The summed E-state index contributed by atoms with van der Waals surface area (Å²) in [4.78, 5) is 74.2. The Hall–Kier alpha value is -12.3. The van der Waals surface area contributed by atoms with Crippen LogP contribution in [0.25, 0.3) is 0 Å². The van der Waals surface area contributed by atoms with Crippen molar-refractivity contribution in [3.8, 4) is 0 Å². The third-order valence-electron chi connectivity index (χ3n) is 22.4. The molecule has 792 valence electrons. The Morgan fingerprint density at radius 3 is 0.618 bits per heavy atom. The average molecular weight is 1990 g/mol. The molecule has 10 aromatic rings. The zero-order valence-electron chi connectivity index (χ0n) is 86.4. The summed E-state index contributed by atoms with van der Waals surface area (Å²) in [6.07, 6.45) is 6.79. The van der Waals surface area contributed by atoms with Crippen molar-refractivity contribution >= 4 is 64.6 Å². The molecular weight excluding hydrogens is 1810 g/mol. The van der Waals surface area contributed by atoms with E-state index in [1.807, 2.05) is 135 Å². The molecule has 0 saturated carbocycles. The Bertz CT molecular complexity index is 4620. The predicted octanol–water partition coefficient (Wildman–Crippen LogP) is 4.52. The van der Waals surface area contributed by atoms with E-state index in [4.69, 9.17) is 120 Å². The number of aldehydes is 2. The molecule has 0 aliphatic heterocycles. The molecule has 0 aromatic heterocycles. The van der Waals surface area contributed by atoms with Crippen LogP contribution in [0.1, 0.15) is 93.0 Å². The van der Waals surface area contributed by atoms with Crippen LogP contribution in [0.15, 0.2) is 243 Å². The predicted molar refractivity (Wildman–Crippen MR) is 601 cm³/mol. The first-order chi connectivity index (χ1) is 69.2. The van der Waals surface area contributed by atoms with Crippen molar-refractivity contribution < 1.29 is 28.8 Å². The van der Waals surface area contributed by atoms with Gasteiger partial charge in [-0.15, -0.1) is 0 Å². The SMILES string of the molecule is Cc1ccc(C)cc1.Cc1ccc(CC(CN(CCN)CCN)CN(CCN)CCN)cc1.Cc1ccc(CC(CN)CN)cc1.Cc1ccc(N)cc1.Cc1ccc(N)cc1.NCC(CN)Cc1ccc(C=O)cc1.NCC(CN)Cc1ccc(N)cc1.NCC(N)Cc1ccc(N)cc1.NCCNC(=O)C(Cc1ccc(C=O)cc1)C(=O)NCCN.NCCNC(=O)C(Cc1ccc(N)cc1)C(=O)NCCN. The molecule has 0 radical (unpaired) electrons. The van der Waals surface area contributed by atoms with E-state index < -0.39 is 11.8 Å². The quantitative estimate of drug-likeness (QED) is 0.0142. The summed E-state index contributed by atoms with van der Waals surface area (Å²) < 4.78 is 0. The maximum Gasteiger partial charge on any atom is 0.232 e. The van der Waals surface area contributed by atoms with Gasteiger partial charge in [0.25, 0.3) is 0 Å². The van der Waals surface area contributed by atoms with Crippen molar-refractivity contribution in [2.75, 3.05) is 192 Å². The molecule has 46 N–H and O–H groups in total. The first-order valence-electron chi connectivity index (χ1n) is 49.5. The van der Waals surface area contributed by atoms with Gasteiger partial charge < -0.3 is 151 Å². The molecule has 0 spiro atoms. The van der Waals surface area contributed by atoms with Gasteiger partial charge in [-0.05, 0) is 249 Å². The van der Waals surface area contributed by atoms with Gasteiger partial charge in [0.1, 0.15) is 24.4 Å². The molecular formula is C111H177N27O6. The minimum absolute atomic E-state index is 0.0497. The fraction of sp³-hybridized carbons (Fsp3) is 0.405. The van der Waals surface area contributed by atoms with Crippen LogP contribution in [0.4, 0.5) is 28.4 Å². The van der Waals surface area contributed by atoms with Crippen molar-refractivity contribution in [3.63, 3.8) is 0 Å². The molecule has 4 amide bonds. The van der Waals surface area contributed by atoms with E-state index in [1.54, 1.807) is 48.5 Å². The largest absolute Gasteiger partial charge is 0.399 e. The Balaban J connectivity index is 0.000000817. The first kappa shape index (κ1) is 130. The Labute approximate surface area is 857 Å². The second kappa shape index (κ2) is 81.1. The van der Waals surface area contributed by atoms with Gasteiger partial charge in [0.05, 0.1) is 0 Å². The van der Waals surface area contributed by atoms with Crippen molar-refractivity contribution in [2.24, 2.45) is 127 Å². The minimum atomic E-state index is -0.861. The lowest BCUT2D eigenvalue weighted by Crippen LogP contribution is -2.44. The van der Waals surface area contributed by atoms with Crippen LogP contribution in [0.2, 0.25) is 0 Å². The monoisotopic (exact) mass is 1980 g/mol. The van der Waals surface area contributed by atoms with Crippen molar-refractivity contribution in [1.29, 1.82) is 0 Å². The number of rotatable bonds is 47. The lowest BCUT2D eigenvalue weighted by Gasteiger charge is -2.31. The van der Waals surface area contributed by atoms with Gasteiger partial charge in [-0.1, -0.05) is 215 Å². The molecule has 144 heavy (non-hydrogen) atoms. The van der Waals surface area contributed by atoms with Crippen LogP contribution >= 0.6 is 0 Å². The number of nitrogens with zero attached hydrogens (tertiary/aromatic N) is 2. The van der Waals surface area contributed by atoms with Crippen LogP contribution in [0.3, 0.4) is 0 Å². The zero-order valence-corrected chi connectivity index (χ0v) is 86.4. The van der Waals surface area contributed by atoms with Gasteiger partial charge in [-0.25, -0.2) is 0 Å². The Morgan fingerprint density at radius 1 is 0.243 bits per heavy atom. The van der Waals surface area contributed by atoms with Gasteiger partial charge in [-0.2, -0.15) is 0 Å². The van der Waals surface area contributed by atoms with Crippen molar-refractivity contribution in [2.45, 2.75) is 92.5 Å². The third-order valence-corrected chi connectivity index (χ3v) is 22.4. The Morgan fingerprint density at radius 2 is 0.424 bits per heavy atom. The summed E-state index contributed by atoms with van der Waals surface area (Å²) in [5.74, 6) is -1.48. The van der Waals surface area contributed by atoms with Gasteiger partial charge in [-0.3, -0.25) is 28.8 Å². The van der Waals surface area contributed by atoms with E-state index in [2.05, 4.69) is 132 Å². The number of aryl methyl sites for hydroxylation is 6. The number of carbonyl (C=O) groups is 6. The van der Waals surface area contributed by atoms with Gasteiger partial charge in [0.2, 0.25) is 23.6 Å². The molecule has 10 rings (SSSR count). The number of amides is 4. The molecule has 0 aliphatic carbocycles. The summed E-state index contributed by atoms with van der Waals surface area (Å²) in [7, 11) is 0. The molecule has 33 heteroatoms. The van der Waals surface area contributed by atoms with E-state index in [1.165, 1.54) is 61.2 Å². The summed E-state index contributed by atoms with van der Waals surface area (Å²) in [5, 5.41) is 10.5. The fourth-order valence-electron chi connectivity index (χ4n) is 13.7. The standard InChI is InChI=1S/C19H38N6.C15H22N4O3.C14H23N5O2.C11H16N2O.C11H18N2.C10H17N3.C9H15N3.C8H10.2C7H9N/c1-17-2-4-18(5-3-17)14-19(15-24(10-6-20)11-7-21)16-25(12-8-22)13-9-23;16-5-7-18-14(21)13(15(22)19-8-6-17)9-11-1-3-12(10-20)4-2-11;15-5-7-18-13(20)12(14(21)19-8-6-16)9-10-1-3-11(17)4-2-10;12-6-11(7-13)5-9-1-3-10(8-14)4-2-9;1-9-2-4-10(5-3-9)6-11(7-12)8-13;11-6-9(7-12)5-8-1-3-10(13)4-2-8;10-6-9(12)5-7-1-3-8(11)4-2-7;1-7-3-5-8(2)6-4-7;2*1-6-2-4-7(8)5-3-6/h2-5,19H,6-16,20-23H2,1H3;1-4,10,13H,5-9,16-17H2,(H,18,21)(H,19,22);1-4,12H,5-9,15-17H2,(H,18,20)(H,19,21);1-4,8,11H,5-7,12-13H2;2-5,11H,6-8,12-13H2,1H3;1-4,9H,5-7,11-13H2;1-4,9H,5-6,10-12H2;3-6H,1-2H3;2*2-5H,8H2,1H3. The number of nitrogens with two attached hydrogens (primary N) is 21. The fourth-order valence-corrected chi connectivity index (χ4v) is 13.7. The van der Waals surface area contributed by atoms with Gasteiger partial charge >= 0.3 is 0 Å². The maximum atomic E-state index is 12.1. The van der Waals surface area contributed by atoms with Crippen LogP contribution < -0.4 is 142 Å². The average Bonchev–Trinajstić information content (AvgIpc) is 0.875. The van der Waals surface area contributed by atoms with Crippen LogP contribution in [0, 0.1) is 77.0 Å². The van der Waals surface area contributed by atoms with Crippen molar-refractivity contribution in [3.05, 3.63) is 326 Å². The molecule has 0 bridgehead atoms. The van der Waals surface area contributed by atoms with E-state index in [-0.39, 0.29) is 36.1 Å². The van der Waals surface area contributed by atoms with Crippen LogP contribution in [0.5, 0.6) is 0 Å². The number of nitrogen functional groups attached to an aromatic ring is 5. The minimum Gasteiger partial charge on any atom is -0.399 e. The lowest BCUT2D eigenvalue weighted by molar-refractivity contribution is -0.136. The zero-order chi connectivity index (χ0) is 107. The van der Waals surface area contributed by atoms with Gasteiger partial charge in [0.15, 0.2) is 0 Å². The molecule has 33 nitrogen and oxygen atoms in total. The van der Waals surface area contributed by atoms with Gasteiger partial charge in [0, 0.05) is 170 Å². The second-order valence-corrected chi connectivity index (χ2v) is 35.4. The molecule has 1 atom stereocenters. The highest BCUT2D eigenvalue weighted by molar-refractivity contribution is 6.01. The topological polar surface area (TPSA) is 703 Å². The summed E-state index contributed by atoms with van der Waals surface area (Å²) in [6.45, 7) is 27.5. The molecule has 1 unspecified atom stereocenters. The highest BCUT2D eigenvalue weighted by Crippen LogP contribution is 2.19.